The first-order valence-electron chi connectivity index (χ1n) is 7.20. The summed E-state index contributed by atoms with van der Waals surface area (Å²) in [5.74, 6) is 0. The summed E-state index contributed by atoms with van der Waals surface area (Å²) in [7, 11) is 0. The zero-order chi connectivity index (χ0) is 15.6. The highest BCUT2D eigenvalue weighted by Gasteiger charge is 2.21. The predicted octanol–water partition coefficient (Wildman–Crippen LogP) is 5.62. The van der Waals surface area contributed by atoms with Crippen LogP contribution >= 0.6 is 23.2 Å². The molecule has 1 N–H and O–H groups in total. The Hall–Kier alpha value is -1.02. The van der Waals surface area contributed by atoms with Crippen LogP contribution in [0.25, 0.3) is 0 Å². The molecular formula is C18H21Cl2N. The van der Waals surface area contributed by atoms with Crippen LogP contribution < -0.4 is 5.32 Å². The average Bonchev–Trinajstić information content (AvgIpc) is 2.42. The van der Waals surface area contributed by atoms with Gasteiger partial charge in [0.15, 0.2) is 0 Å². The number of halogens is 2. The smallest absolute Gasteiger partial charge is 0.0609 e. The molecule has 0 saturated heterocycles. The molecule has 0 radical (unpaired) electrons. The van der Waals surface area contributed by atoms with E-state index in [9.17, 15) is 0 Å². The molecule has 0 heterocycles. The van der Waals surface area contributed by atoms with Crippen LogP contribution in [0.5, 0.6) is 0 Å². The van der Waals surface area contributed by atoms with E-state index in [0.29, 0.717) is 10.0 Å². The highest BCUT2D eigenvalue weighted by molar-refractivity contribution is 6.36. The fraction of sp³-hybridized carbons (Fsp3) is 0.333. The van der Waals surface area contributed by atoms with E-state index in [1.54, 1.807) is 0 Å². The topological polar surface area (TPSA) is 12.0 Å². The van der Waals surface area contributed by atoms with Gasteiger partial charge >= 0.3 is 0 Å². The highest BCUT2D eigenvalue weighted by atomic mass is 35.5. The maximum Gasteiger partial charge on any atom is 0.0609 e. The zero-order valence-corrected chi connectivity index (χ0v) is 14.4. The zero-order valence-electron chi connectivity index (χ0n) is 12.9. The summed E-state index contributed by atoms with van der Waals surface area (Å²) in [5.41, 5.74) is 6.02. The van der Waals surface area contributed by atoms with Gasteiger partial charge in [0.25, 0.3) is 0 Å². The van der Waals surface area contributed by atoms with Crippen LogP contribution in [0.2, 0.25) is 10.0 Å². The first-order valence-corrected chi connectivity index (χ1v) is 7.96. The molecule has 21 heavy (non-hydrogen) atoms. The normalized spacial score (nSPS) is 12.5. The maximum atomic E-state index is 6.41. The lowest BCUT2D eigenvalue weighted by atomic mass is 9.91. The van der Waals surface area contributed by atoms with Crippen LogP contribution in [-0.4, -0.2) is 6.54 Å². The van der Waals surface area contributed by atoms with Crippen molar-refractivity contribution in [1.82, 2.24) is 5.32 Å². The van der Waals surface area contributed by atoms with Gasteiger partial charge in [-0.05, 0) is 61.7 Å². The predicted molar refractivity (Wildman–Crippen MR) is 92.6 cm³/mol. The third-order valence-electron chi connectivity index (χ3n) is 3.89. The van der Waals surface area contributed by atoms with Crippen molar-refractivity contribution in [3.8, 4) is 0 Å². The number of aryl methyl sites for hydroxylation is 3. The van der Waals surface area contributed by atoms with Gasteiger partial charge in [0.2, 0.25) is 0 Å². The molecule has 2 aromatic carbocycles. The average molecular weight is 322 g/mol. The molecule has 2 rings (SSSR count). The second kappa shape index (κ2) is 6.83. The van der Waals surface area contributed by atoms with Crippen molar-refractivity contribution in [3.05, 3.63) is 68.2 Å². The summed E-state index contributed by atoms with van der Waals surface area (Å²) >= 11 is 12.8. The second-order valence-electron chi connectivity index (χ2n) is 5.42. The third kappa shape index (κ3) is 3.42. The molecule has 0 fully saturated rings. The molecule has 1 nitrogen and oxygen atoms in total. The quantitative estimate of drug-likeness (QED) is 0.770. The fourth-order valence-corrected chi connectivity index (χ4v) is 3.27. The molecule has 2 aromatic rings. The molecule has 0 aliphatic rings. The van der Waals surface area contributed by atoms with Gasteiger partial charge in [-0.2, -0.15) is 0 Å². The van der Waals surface area contributed by atoms with Crippen molar-refractivity contribution < 1.29 is 0 Å². The Morgan fingerprint density at radius 3 is 2.10 bits per heavy atom. The molecule has 0 aliphatic heterocycles. The summed E-state index contributed by atoms with van der Waals surface area (Å²) in [6.45, 7) is 9.34. The lowest BCUT2D eigenvalue weighted by molar-refractivity contribution is 0.627. The summed E-state index contributed by atoms with van der Waals surface area (Å²) in [6.07, 6.45) is 0. The molecule has 1 unspecified atom stereocenters. The lowest BCUT2D eigenvalue weighted by Gasteiger charge is -2.24. The van der Waals surface area contributed by atoms with Gasteiger partial charge in [0, 0.05) is 15.6 Å². The molecule has 3 heteroatoms. The molecule has 0 saturated carbocycles. The number of rotatable bonds is 4. The van der Waals surface area contributed by atoms with Crippen molar-refractivity contribution in [2.45, 2.75) is 33.7 Å². The lowest BCUT2D eigenvalue weighted by Crippen LogP contribution is -2.23. The Morgan fingerprint density at radius 1 is 0.952 bits per heavy atom. The Labute approximate surface area is 137 Å². The summed E-state index contributed by atoms with van der Waals surface area (Å²) in [6, 6.07) is 10.1. The molecule has 0 bridgehead atoms. The largest absolute Gasteiger partial charge is 0.306 e. The fourth-order valence-electron chi connectivity index (χ4n) is 2.65. The Balaban J connectivity index is 2.62. The number of nitrogens with one attached hydrogen (secondary N) is 1. The minimum absolute atomic E-state index is 0.00972. The van der Waals surface area contributed by atoms with Crippen molar-refractivity contribution in [3.63, 3.8) is 0 Å². The van der Waals surface area contributed by atoms with Crippen molar-refractivity contribution >= 4 is 23.2 Å². The Morgan fingerprint density at radius 2 is 1.52 bits per heavy atom. The van der Waals surface area contributed by atoms with Crippen LogP contribution in [0.4, 0.5) is 0 Å². The van der Waals surface area contributed by atoms with Crippen molar-refractivity contribution in [2.75, 3.05) is 6.54 Å². The van der Waals surface area contributed by atoms with Crippen LogP contribution in [0.15, 0.2) is 30.3 Å². The minimum atomic E-state index is 0.00972. The van der Waals surface area contributed by atoms with E-state index in [1.807, 2.05) is 18.2 Å². The molecule has 0 spiro atoms. The SMILES string of the molecule is CCNC(c1cc(C)c(C)cc1C)c1c(Cl)cccc1Cl. The van der Waals surface area contributed by atoms with Gasteiger partial charge in [0.05, 0.1) is 6.04 Å². The van der Waals surface area contributed by atoms with E-state index in [-0.39, 0.29) is 6.04 Å². The molecule has 1 atom stereocenters. The molecular weight excluding hydrogens is 301 g/mol. The molecule has 0 aromatic heterocycles. The summed E-state index contributed by atoms with van der Waals surface area (Å²) in [5, 5.41) is 4.92. The second-order valence-corrected chi connectivity index (χ2v) is 6.23. The van der Waals surface area contributed by atoms with E-state index in [2.05, 4.69) is 45.1 Å². The number of benzene rings is 2. The van der Waals surface area contributed by atoms with E-state index in [4.69, 9.17) is 23.2 Å². The van der Waals surface area contributed by atoms with Gasteiger partial charge < -0.3 is 5.32 Å². The van der Waals surface area contributed by atoms with E-state index < -0.39 is 0 Å². The number of hydrogen-bond donors (Lipinski definition) is 1. The van der Waals surface area contributed by atoms with E-state index >= 15 is 0 Å². The van der Waals surface area contributed by atoms with Crippen LogP contribution in [0.1, 0.15) is 40.8 Å². The van der Waals surface area contributed by atoms with Gasteiger partial charge in [-0.15, -0.1) is 0 Å². The van der Waals surface area contributed by atoms with Crippen LogP contribution in [0, 0.1) is 20.8 Å². The molecule has 0 aliphatic carbocycles. The van der Waals surface area contributed by atoms with Gasteiger partial charge in [0.1, 0.15) is 0 Å². The van der Waals surface area contributed by atoms with Gasteiger partial charge in [-0.1, -0.05) is 48.3 Å². The van der Waals surface area contributed by atoms with Crippen molar-refractivity contribution in [1.29, 1.82) is 0 Å². The Bertz CT molecular complexity index is 630. The molecule has 0 amide bonds. The highest BCUT2D eigenvalue weighted by Crippen LogP contribution is 2.36. The maximum absolute atomic E-state index is 6.41. The van der Waals surface area contributed by atoms with Gasteiger partial charge in [-0.3, -0.25) is 0 Å². The first-order chi connectivity index (χ1) is 9.95. The van der Waals surface area contributed by atoms with Crippen molar-refractivity contribution in [2.24, 2.45) is 0 Å². The first kappa shape index (κ1) is 16.4. The minimum Gasteiger partial charge on any atom is -0.306 e. The van der Waals surface area contributed by atoms with E-state index in [1.165, 1.54) is 22.3 Å². The third-order valence-corrected chi connectivity index (χ3v) is 4.55. The summed E-state index contributed by atoms with van der Waals surface area (Å²) < 4.78 is 0. The van der Waals surface area contributed by atoms with Crippen LogP contribution in [-0.2, 0) is 0 Å². The number of hydrogen-bond acceptors (Lipinski definition) is 1. The van der Waals surface area contributed by atoms with E-state index in [0.717, 1.165) is 12.1 Å². The standard InChI is InChI=1S/C18H21Cl2N/c1-5-21-18(17-15(19)7-6-8-16(17)20)14-10-12(3)11(2)9-13(14)4/h6-10,18,21H,5H2,1-4H3. The van der Waals surface area contributed by atoms with Crippen LogP contribution in [0.3, 0.4) is 0 Å². The van der Waals surface area contributed by atoms with Gasteiger partial charge in [-0.25, -0.2) is 0 Å². The molecule has 112 valence electrons. The Kier molecular flexibility index (Phi) is 5.32. The monoisotopic (exact) mass is 321 g/mol. The summed E-state index contributed by atoms with van der Waals surface area (Å²) in [4.78, 5) is 0.